The summed E-state index contributed by atoms with van der Waals surface area (Å²) in [5.41, 5.74) is 0.937. The molecular formula is C24H16Cl2N2O4. The molecular weight excluding hydrogens is 451 g/mol. The van der Waals surface area contributed by atoms with Crippen LogP contribution in [0.4, 0.5) is 5.82 Å². The molecule has 0 bridgehead atoms. The Balaban J connectivity index is 1.76. The minimum Gasteiger partial charge on any atom is -0.494 e. The van der Waals surface area contributed by atoms with E-state index in [-0.39, 0.29) is 16.8 Å². The number of ether oxygens (including phenoxy) is 1. The van der Waals surface area contributed by atoms with Gasteiger partial charge in [-0.15, -0.1) is 0 Å². The summed E-state index contributed by atoms with van der Waals surface area (Å²) in [6.07, 6.45) is 1.45. The number of amides is 1. The second kappa shape index (κ2) is 7.97. The van der Waals surface area contributed by atoms with Gasteiger partial charge in [0.2, 0.25) is 5.76 Å². The van der Waals surface area contributed by atoms with Crippen LogP contribution < -0.4 is 15.1 Å². The smallest absolute Gasteiger partial charge is 0.296 e. The predicted octanol–water partition coefficient (Wildman–Crippen LogP) is 5.64. The van der Waals surface area contributed by atoms with Crippen molar-refractivity contribution in [3.8, 4) is 5.75 Å². The Morgan fingerprint density at radius 2 is 1.78 bits per heavy atom. The maximum atomic E-state index is 13.5. The number of anilines is 1. The molecule has 1 unspecified atom stereocenters. The third-order valence-electron chi connectivity index (χ3n) is 5.30. The molecule has 0 radical (unpaired) electrons. The molecule has 0 fully saturated rings. The Labute approximate surface area is 193 Å². The molecule has 0 saturated heterocycles. The van der Waals surface area contributed by atoms with E-state index in [9.17, 15) is 9.59 Å². The summed E-state index contributed by atoms with van der Waals surface area (Å²) in [5, 5.41) is 1.15. The van der Waals surface area contributed by atoms with E-state index in [0.717, 1.165) is 0 Å². The van der Waals surface area contributed by atoms with Crippen LogP contribution in [0.3, 0.4) is 0 Å². The van der Waals surface area contributed by atoms with Crippen molar-refractivity contribution >= 4 is 45.9 Å². The molecule has 3 heterocycles. The summed E-state index contributed by atoms with van der Waals surface area (Å²) in [7, 11) is 0. The lowest BCUT2D eigenvalue weighted by Crippen LogP contribution is -2.30. The molecule has 1 aliphatic heterocycles. The summed E-state index contributed by atoms with van der Waals surface area (Å²) in [5.74, 6) is 0.573. The molecule has 5 rings (SSSR count). The number of pyridine rings is 1. The first kappa shape index (κ1) is 20.5. The SMILES string of the molecule is CCOc1ccc(C2c3c(oc4ccc(Cl)cc4c3=O)C(=O)N2c2ccc(Cl)cn2)cc1. The molecule has 32 heavy (non-hydrogen) atoms. The highest BCUT2D eigenvalue weighted by Crippen LogP contribution is 2.41. The third-order valence-corrected chi connectivity index (χ3v) is 5.76. The number of hydrogen-bond acceptors (Lipinski definition) is 5. The predicted molar refractivity (Wildman–Crippen MR) is 123 cm³/mol. The molecule has 1 aliphatic rings. The van der Waals surface area contributed by atoms with Crippen LogP contribution in [0.15, 0.2) is 70.0 Å². The lowest BCUT2D eigenvalue weighted by Gasteiger charge is -2.24. The normalized spacial score (nSPS) is 15.3. The van der Waals surface area contributed by atoms with Crippen LogP contribution in [0.2, 0.25) is 10.0 Å². The van der Waals surface area contributed by atoms with Gasteiger partial charge in [-0.1, -0.05) is 35.3 Å². The van der Waals surface area contributed by atoms with Crippen molar-refractivity contribution in [3.05, 3.63) is 97.9 Å². The van der Waals surface area contributed by atoms with Crippen molar-refractivity contribution in [2.24, 2.45) is 0 Å². The van der Waals surface area contributed by atoms with E-state index >= 15 is 0 Å². The number of carbonyl (C=O) groups is 1. The second-order valence-corrected chi connectivity index (χ2v) is 8.10. The van der Waals surface area contributed by atoms with E-state index in [1.807, 2.05) is 19.1 Å². The number of rotatable bonds is 4. The molecule has 8 heteroatoms. The van der Waals surface area contributed by atoms with Gasteiger partial charge < -0.3 is 9.15 Å². The van der Waals surface area contributed by atoms with Crippen LogP contribution in [-0.4, -0.2) is 17.5 Å². The number of benzene rings is 2. The van der Waals surface area contributed by atoms with Crippen molar-refractivity contribution in [1.82, 2.24) is 4.98 Å². The number of halogens is 2. The van der Waals surface area contributed by atoms with Crippen LogP contribution in [0.5, 0.6) is 5.75 Å². The molecule has 6 nitrogen and oxygen atoms in total. The van der Waals surface area contributed by atoms with Crippen LogP contribution >= 0.6 is 23.2 Å². The highest BCUT2D eigenvalue weighted by Gasteiger charge is 2.44. The molecule has 1 atom stereocenters. The summed E-state index contributed by atoms with van der Waals surface area (Å²) in [4.78, 5) is 32.8. The van der Waals surface area contributed by atoms with E-state index in [1.165, 1.54) is 11.1 Å². The number of nitrogens with zero attached hydrogens (tertiary/aromatic N) is 2. The molecule has 2 aromatic heterocycles. The first-order chi connectivity index (χ1) is 15.5. The zero-order chi connectivity index (χ0) is 22.4. The fourth-order valence-corrected chi connectivity index (χ4v) is 4.20. The van der Waals surface area contributed by atoms with Crippen molar-refractivity contribution in [2.75, 3.05) is 11.5 Å². The van der Waals surface area contributed by atoms with E-state index in [4.69, 9.17) is 32.4 Å². The maximum Gasteiger partial charge on any atom is 0.296 e. The Bertz CT molecular complexity index is 1400. The molecule has 160 valence electrons. The van der Waals surface area contributed by atoms with E-state index in [0.29, 0.717) is 44.8 Å². The van der Waals surface area contributed by atoms with Gasteiger partial charge in [-0.3, -0.25) is 14.5 Å². The molecule has 1 amide bonds. The van der Waals surface area contributed by atoms with Gasteiger partial charge in [0.15, 0.2) is 5.43 Å². The largest absolute Gasteiger partial charge is 0.494 e. The van der Waals surface area contributed by atoms with Gasteiger partial charge in [0.1, 0.15) is 17.2 Å². The summed E-state index contributed by atoms with van der Waals surface area (Å²) in [6.45, 7) is 2.43. The fraction of sp³-hybridized carbons (Fsp3) is 0.125. The third kappa shape index (κ3) is 3.32. The number of fused-ring (bicyclic) bond motifs is 2. The molecule has 4 aromatic rings. The molecule has 0 spiro atoms. The standard InChI is InChI=1S/C24H16Cl2N2O4/c1-2-31-16-7-3-13(4-8-16)21-20-22(29)17-11-14(25)5-9-18(17)32-23(20)24(30)28(21)19-10-6-15(26)12-27-19/h3-12,21H,2H2,1H3. The minimum atomic E-state index is -0.735. The number of hydrogen-bond donors (Lipinski definition) is 0. The minimum absolute atomic E-state index is 0.0135. The first-order valence-electron chi connectivity index (χ1n) is 9.92. The maximum absolute atomic E-state index is 13.5. The highest BCUT2D eigenvalue weighted by molar-refractivity contribution is 6.31. The van der Waals surface area contributed by atoms with Crippen molar-refractivity contribution < 1.29 is 13.9 Å². The van der Waals surface area contributed by atoms with Gasteiger partial charge in [0.25, 0.3) is 5.91 Å². The lowest BCUT2D eigenvalue weighted by atomic mass is 9.98. The lowest BCUT2D eigenvalue weighted by molar-refractivity contribution is 0.0970. The van der Waals surface area contributed by atoms with Crippen molar-refractivity contribution in [1.29, 1.82) is 0 Å². The topological polar surface area (TPSA) is 72.6 Å². The van der Waals surface area contributed by atoms with Gasteiger partial charge in [-0.2, -0.15) is 0 Å². The Hall–Kier alpha value is -3.35. The van der Waals surface area contributed by atoms with Crippen LogP contribution in [0, 0.1) is 0 Å². The molecule has 0 N–H and O–H groups in total. The Kier molecular flexibility index (Phi) is 5.12. The van der Waals surface area contributed by atoms with Gasteiger partial charge in [0.05, 0.1) is 28.6 Å². The van der Waals surface area contributed by atoms with E-state index in [1.54, 1.807) is 42.5 Å². The highest BCUT2D eigenvalue weighted by atomic mass is 35.5. The quantitative estimate of drug-likeness (QED) is 0.388. The van der Waals surface area contributed by atoms with Gasteiger partial charge >= 0.3 is 0 Å². The van der Waals surface area contributed by atoms with E-state index in [2.05, 4.69) is 4.98 Å². The second-order valence-electron chi connectivity index (χ2n) is 7.23. The average molecular weight is 467 g/mol. The number of carbonyl (C=O) groups excluding carboxylic acids is 1. The first-order valence-corrected chi connectivity index (χ1v) is 10.7. The van der Waals surface area contributed by atoms with Crippen LogP contribution in [-0.2, 0) is 0 Å². The molecule has 0 aliphatic carbocycles. The van der Waals surface area contributed by atoms with Gasteiger partial charge in [-0.25, -0.2) is 4.98 Å². The number of aromatic nitrogens is 1. The average Bonchev–Trinajstić information content (AvgIpc) is 3.08. The van der Waals surface area contributed by atoms with Crippen molar-refractivity contribution in [3.63, 3.8) is 0 Å². The van der Waals surface area contributed by atoms with Crippen LogP contribution in [0.25, 0.3) is 11.0 Å². The van der Waals surface area contributed by atoms with Crippen molar-refractivity contribution in [2.45, 2.75) is 13.0 Å². The zero-order valence-corrected chi connectivity index (χ0v) is 18.4. The Morgan fingerprint density at radius 1 is 1.03 bits per heavy atom. The van der Waals surface area contributed by atoms with Gasteiger partial charge in [-0.05, 0) is 55.0 Å². The summed E-state index contributed by atoms with van der Waals surface area (Å²) >= 11 is 12.1. The summed E-state index contributed by atoms with van der Waals surface area (Å²) in [6, 6.07) is 14.5. The zero-order valence-electron chi connectivity index (χ0n) is 16.8. The molecule has 2 aromatic carbocycles. The Morgan fingerprint density at radius 3 is 2.47 bits per heavy atom. The van der Waals surface area contributed by atoms with E-state index < -0.39 is 11.9 Å². The van der Waals surface area contributed by atoms with Crippen LogP contribution in [0.1, 0.15) is 34.6 Å². The molecule has 0 saturated carbocycles. The monoisotopic (exact) mass is 466 g/mol. The van der Waals surface area contributed by atoms with Gasteiger partial charge in [0, 0.05) is 11.2 Å². The fourth-order valence-electron chi connectivity index (χ4n) is 3.92. The summed E-state index contributed by atoms with van der Waals surface area (Å²) < 4.78 is 11.4.